The van der Waals surface area contributed by atoms with Crippen LogP contribution in [-0.2, 0) is 0 Å². The number of carbonyl (C=O) groups excluding carboxylic acids is 3. The predicted molar refractivity (Wildman–Crippen MR) is 405 cm³/mol. The van der Waals surface area contributed by atoms with Crippen LogP contribution in [0.4, 0.5) is 45.1 Å². The molecule has 3 saturated carbocycles. The van der Waals surface area contributed by atoms with Crippen molar-refractivity contribution in [2.75, 3.05) is 49.5 Å². The number of halogens is 2. The molecule has 10 N–H and O–H groups in total. The molecule has 3 aliphatic rings. The molecule has 0 saturated heterocycles. The summed E-state index contributed by atoms with van der Waals surface area (Å²) < 4.78 is 33.0. The van der Waals surface area contributed by atoms with Gasteiger partial charge in [-0.05, 0) is 156 Å². The summed E-state index contributed by atoms with van der Waals surface area (Å²) in [7, 11) is 6.26. The Morgan fingerprint density at radius 3 is 1.27 bits per heavy atom. The average molecular weight is 1410 g/mol. The Bertz CT molecular complexity index is 4830. The highest BCUT2D eigenvalue weighted by atomic mass is 35.5. The molecule has 6 aromatic carbocycles. The van der Waals surface area contributed by atoms with Crippen LogP contribution in [0.3, 0.4) is 0 Å². The number of benzene rings is 6. The second-order valence-corrected chi connectivity index (χ2v) is 26.5. The van der Waals surface area contributed by atoms with Crippen molar-refractivity contribution >= 4 is 103 Å². The van der Waals surface area contributed by atoms with Crippen molar-refractivity contribution in [3.8, 4) is 50.9 Å². The lowest BCUT2D eigenvalue weighted by molar-refractivity contribution is 0.0954. The fourth-order valence-electron chi connectivity index (χ4n) is 13.2. The van der Waals surface area contributed by atoms with Crippen LogP contribution in [0, 0.1) is 26.6 Å². The van der Waals surface area contributed by atoms with Crippen LogP contribution >= 0.6 is 11.6 Å². The number of hydrogen-bond acceptors (Lipinski definition) is 16. The SMILES string of the molecule is CNC(=O)c1ccc(Nc2nc(NC3CCCC3)c3c(-c4ccc(C)cc4)c[nH]c3n2)c(OC)c1.CNC(=O)c1ccc(Nc2nc(OC3CCCC3)c3c(-c4ccc(C)cc4)c[nH]c3n2)c(Cl)c1.CNC(=O)c1ccc(Nc2nc(OC3CCCC3)c3c(-c4ccc(C)cc4)c[nH]c3n2)c(F)c1. The zero-order chi connectivity index (χ0) is 71.7. The van der Waals surface area contributed by atoms with Gasteiger partial charge in [0.05, 0.1) is 45.4 Å². The lowest BCUT2D eigenvalue weighted by atomic mass is 10.0. The number of H-pyrrole nitrogens is 3. The Kier molecular flexibility index (Phi) is 21.4. The molecule has 103 heavy (non-hydrogen) atoms. The number of aryl methyl sites for hydroxylation is 3. The van der Waals surface area contributed by atoms with Crippen molar-refractivity contribution in [1.82, 2.24) is 60.8 Å². The van der Waals surface area contributed by atoms with Crippen LogP contribution < -0.4 is 51.4 Å². The van der Waals surface area contributed by atoms with E-state index in [1.165, 1.54) is 48.7 Å². The third-order valence-electron chi connectivity index (χ3n) is 18.8. The number of fused-ring (bicyclic) bond motifs is 3. The summed E-state index contributed by atoms with van der Waals surface area (Å²) in [5, 5.41) is 23.8. The Labute approximate surface area is 600 Å². The number of hydrogen-bond donors (Lipinski definition) is 10. The molecule has 0 unspecified atom stereocenters. The zero-order valence-corrected chi connectivity index (χ0v) is 59.2. The summed E-state index contributed by atoms with van der Waals surface area (Å²) in [5.74, 6) is 2.08. The number of rotatable bonds is 19. The van der Waals surface area contributed by atoms with Crippen LogP contribution in [-0.4, -0.2) is 109 Å². The Balaban J connectivity index is 0.000000138. The van der Waals surface area contributed by atoms with Gasteiger partial charge in [-0.15, -0.1) is 0 Å². The minimum absolute atomic E-state index is 0.0929. The highest BCUT2D eigenvalue weighted by Gasteiger charge is 2.27. The van der Waals surface area contributed by atoms with E-state index in [4.69, 9.17) is 40.8 Å². The second kappa shape index (κ2) is 31.5. The largest absolute Gasteiger partial charge is 0.495 e. The molecule has 3 aliphatic carbocycles. The molecule has 0 spiro atoms. The Morgan fingerprint density at radius 2 is 0.835 bits per heavy atom. The summed E-state index contributed by atoms with van der Waals surface area (Å²) in [4.78, 5) is 73.9. The first-order valence-corrected chi connectivity index (χ1v) is 35.2. The number of aromatic nitrogens is 9. The highest BCUT2D eigenvalue weighted by Crippen LogP contribution is 2.41. The van der Waals surface area contributed by atoms with Crippen LogP contribution in [0.15, 0.2) is 146 Å². The molecule has 3 amide bonds. The summed E-state index contributed by atoms with van der Waals surface area (Å²) in [6, 6.07) is 40.0. The summed E-state index contributed by atoms with van der Waals surface area (Å²) >= 11 is 6.44. The van der Waals surface area contributed by atoms with E-state index < -0.39 is 5.82 Å². The van der Waals surface area contributed by atoms with Crippen molar-refractivity contribution in [3.63, 3.8) is 0 Å². The van der Waals surface area contributed by atoms with Crippen molar-refractivity contribution in [1.29, 1.82) is 0 Å². The van der Waals surface area contributed by atoms with Crippen molar-refractivity contribution in [3.05, 3.63) is 190 Å². The molecule has 12 aromatic rings. The smallest absolute Gasteiger partial charge is 0.251 e. The fourth-order valence-corrected chi connectivity index (χ4v) is 13.4. The van der Waals surface area contributed by atoms with Gasteiger partial charge in [-0.1, -0.05) is 114 Å². The van der Waals surface area contributed by atoms with Gasteiger partial charge in [0.2, 0.25) is 29.6 Å². The summed E-state index contributed by atoms with van der Waals surface area (Å²) in [6.45, 7) is 6.21. The number of methoxy groups -OCH3 is 1. The molecule has 0 aliphatic heterocycles. The molecule has 15 rings (SSSR count). The average Bonchev–Trinajstić information content (AvgIpc) is 1.67. The zero-order valence-electron chi connectivity index (χ0n) is 58.5. The maximum absolute atomic E-state index is 14.7. The molecule has 3 fully saturated rings. The summed E-state index contributed by atoms with van der Waals surface area (Å²) in [6.07, 6.45) is 19.4. The number of amides is 3. The molecular weight excluding hydrogens is 1320 g/mol. The van der Waals surface area contributed by atoms with Crippen molar-refractivity contribution in [2.45, 2.75) is 116 Å². The number of nitrogens with one attached hydrogen (secondary N) is 10. The van der Waals surface area contributed by atoms with E-state index in [9.17, 15) is 18.8 Å². The number of anilines is 7. The molecule has 6 heterocycles. The minimum atomic E-state index is -0.574. The molecule has 0 radical (unpaired) electrons. The number of carbonyl (C=O) groups is 3. The van der Waals surface area contributed by atoms with Crippen molar-refractivity contribution < 1.29 is 33.0 Å². The number of nitrogens with zero attached hydrogens (tertiary/aromatic N) is 6. The van der Waals surface area contributed by atoms with E-state index in [-0.39, 0.29) is 47.1 Å². The lowest BCUT2D eigenvalue weighted by Gasteiger charge is -2.16. The predicted octanol–water partition coefficient (Wildman–Crippen LogP) is 16.9. The molecule has 528 valence electrons. The molecule has 0 bridgehead atoms. The number of aromatic amines is 3. The standard InChI is InChI=1S/C27H30N6O2.C26H26ClN5O2.C26H26FN5O2/c1-16-8-10-17(11-9-16)20-15-29-24-23(20)25(30-19-6-4-5-7-19)33-27(32-24)31-21-13-12-18(26(34)28-2)14-22(21)35-3;2*1-15-7-9-16(10-8-15)19-14-29-23-22(19)25(34-18-5-3-4-6-18)32-26(31-23)30-21-12-11-17(13-20(21)27)24(33)28-2/h8-15,19H,4-7H2,1-3H3,(H,28,34)(H3,29,30,31,32,33);2*7-14,18H,3-6H2,1-2H3,(H,28,33)(H2,29,30,31,32). The third-order valence-corrected chi connectivity index (χ3v) is 19.1. The van der Waals surface area contributed by atoms with Gasteiger partial charge < -0.3 is 66.4 Å². The van der Waals surface area contributed by atoms with E-state index in [0.717, 1.165) is 125 Å². The minimum Gasteiger partial charge on any atom is -0.495 e. The Morgan fingerprint density at radius 1 is 0.456 bits per heavy atom. The first kappa shape index (κ1) is 69.9. The first-order valence-electron chi connectivity index (χ1n) is 34.8. The maximum Gasteiger partial charge on any atom is 0.251 e. The monoisotopic (exact) mass is 1400 g/mol. The van der Waals surface area contributed by atoms with E-state index >= 15 is 0 Å². The second-order valence-electron chi connectivity index (χ2n) is 26.1. The highest BCUT2D eigenvalue weighted by molar-refractivity contribution is 6.33. The van der Waals surface area contributed by atoms with Crippen LogP contribution in [0.2, 0.25) is 5.02 Å². The van der Waals surface area contributed by atoms with Gasteiger partial charge in [-0.2, -0.15) is 29.9 Å². The van der Waals surface area contributed by atoms with Gasteiger partial charge in [0, 0.05) is 79.2 Å². The lowest BCUT2D eigenvalue weighted by Crippen LogP contribution is -2.18. The van der Waals surface area contributed by atoms with Gasteiger partial charge in [0.1, 0.15) is 46.5 Å². The normalized spacial score (nSPS) is 13.8. The van der Waals surface area contributed by atoms with Gasteiger partial charge in [0.15, 0.2) is 0 Å². The fraction of sp³-hybridized carbons (Fsp3) is 0.278. The topological polar surface area (TPSA) is 288 Å². The first-order chi connectivity index (χ1) is 50.1. The van der Waals surface area contributed by atoms with Crippen LogP contribution in [0.5, 0.6) is 17.5 Å². The molecule has 6 aromatic heterocycles. The van der Waals surface area contributed by atoms with Crippen LogP contribution in [0.25, 0.3) is 66.5 Å². The molecule has 24 heteroatoms. The Hall–Kier alpha value is -11.6. The summed E-state index contributed by atoms with van der Waals surface area (Å²) in [5.41, 5.74) is 14.6. The van der Waals surface area contributed by atoms with Crippen LogP contribution in [0.1, 0.15) is 125 Å². The van der Waals surface area contributed by atoms with Gasteiger partial charge in [-0.25, -0.2) is 4.39 Å². The van der Waals surface area contributed by atoms with Gasteiger partial charge >= 0.3 is 0 Å². The number of ether oxygens (including phenoxy) is 3. The third kappa shape index (κ3) is 16.1. The van der Waals surface area contributed by atoms with E-state index in [1.807, 2.05) is 18.6 Å². The van der Waals surface area contributed by atoms with E-state index in [2.05, 4.69) is 161 Å². The maximum atomic E-state index is 14.7. The van der Waals surface area contributed by atoms with E-state index in [0.29, 0.717) is 74.3 Å². The molecule has 22 nitrogen and oxygen atoms in total. The van der Waals surface area contributed by atoms with Gasteiger partial charge in [0.25, 0.3) is 17.7 Å². The van der Waals surface area contributed by atoms with E-state index in [1.54, 1.807) is 63.7 Å². The van der Waals surface area contributed by atoms with Crippen molar-refractivity contribution in [2.24, 2.45) is 0 Å². The molecule has 0 atom stereocenters. The quantitative estimate of drug-likeness (QED) is 0.0360. The molecular formula is C79H82ClFN16O6. The van der Waals surface area contributed by atoms with Gasteiger partial charge in [-0.3, -0.25) is 14.4 Å².